The fourth-order valence-electron chi connectivity index (χ4n) is 2.70. The summed E-state index contributed by atoms with van der Waals surface area (Å²) in [6, 6.07) is 10.0. The summed E-state index contributed by atoms with van der Waals surface area (Å²) in [5.41, 5.74) is 0. The van der Waals surface area contributed by atoms with Crippen LogP contribution >= 0.6 is 11.8 Å². The van der Waals surface area contributed by atoms with Gasteiger partial charge in [-0.1, -0.05) is 43.0 Å². The fraction of sp³-hybridized carbons (Fsp3) is 0.412. The number of carbonyl (C=O) groups is 1. The second-order valence-corrected chi connectivity index (χ2v) is 6.76. The summed E-state index contributed by atoms with van der Waals surface area (Å²) in [6.07, 6.45) is 2.24. The number of rotatable bonds is 3. The van der Waals surface area contributed by atoms with Gasteiger partial charge in [0.15, 0.2) is 0 Å². The maximum Gasteiger partial charge on any atom is 0.233 e. The van der Waals surface area contributed by atoms with Gasteiger partial charge in [-0.3, -0.25) is 4.79 Å². The van der Waals surface area contributed by atoms with E-state index in [9.17, 15) is 9.90 Å². The SMILES string of the molecule is CC1CCN(C(=O)CSc2nccc3ccccc23)CC1O. The van der Waals surface area contributed by atoms with Crippen molar-refractivity contribution in [2.75, 3.05) is 18.8 Å². The van der Waals surface area contributed by atoms with E-state index in [0.717, 1.165) is 28.8 Å². The zero-order valence-corrected chi connectivity index (χ0v) is 13.4. The largest absolute Gasteiger partial charge is 0.391 e. The number of β-amino-alcohol motifs (C(OH)–C–C–N with tert-alkyl or cyclic N) is 1. The summed E-state index contributed by atoms with van der Waals surface area (Å²) >= 11 is 1.47. The minimum absolute atomic E-state index is 0.0747. The molecular weight excluding hydrogens is 296 g/mol. The zero-order valence-electron chi connectivity index (χ0n) is 12.6. The Kier molecular flexibility index (Phi) is 4.64. The first-order valence-electron chi connectivity index (χ1n) is 7.57. The number of nitrogens with zero attached hydrogens (tertiary/aromatic N) is 2. The van der Waals surface area contributed by atoms with Crippen LogP contribution in [0, 0.1) is 5.92 Å². The van der Waals surface area contributed by atoms with Crippen molar-refractivity contribution in [1.29, 1.82) is 0 Å². The Labute approximate surface area is 134 Å². The molecule has 0 saturated carbocycles. The van der Waals surface area contributed by atoms with E-state index in [1.807, 2.05) is 37.3 Å². The van der Waals surface area contributed by atoms with E-state index in [1.54, 1.807) is 11.1 Å². The van der Waals surface area contributed by atoms with Crippen LogP contribution in [0.2, 0.25) is 0 Å². The number of amides is 1. The molecule has 1 N–H and O–H groups in total. The lowest BCUT2D eigenvalue weighted by Crippen LogP contribution is -2.46. The number of thioether (sulfide) groups is 1. The molecule has 2 heterocycles. The molecule has 1 aromatic carbocycles. The molecule has 0 radical (unpaired) electrons. The molecule has 116 valence electrons. The quantitative estimate of drug-likeness (QED) is 0.884. The maximum atomic E-state index is 12.3. The fourth-order valence-corrected chi connectivity index (χ4v) is 3.62. The van der Waals surface area contributed by atoms with Crippen LogP contribution in [0.1, 0.15) is 13.3 Å². The molecule has 5 heteroatoms. The van der Waals surface area contributed by atoms with Gasteiger partial charge in [0.2, 0.25) is 5.91 Å². The van der Waals surface area contributed by atoms with E-state index in [-0.39, 0.29) is 11.8 Å². The first-order valence-corrected chi connectivity index (χ1v) is 8.56. The van der Waals surface area contributed by atoms with Crippen molar-refractivity contribution in [3.05, 3.63) is 36.5 Å². The van der Waals surface area contributed by atoms with E-state index in [4.69, 9.17) is 0 Å². The molecule has 1 aromatic heterocycles. The van der Waals surface area contributed by atoms with Gasteiger partial charge in [-0.05, 0) is 23.8 Å². The van der Waals surface area contributed by atoms with Crippen LogP contribution in [0.25, 0.3) is 10.8 Å². The number of fused-ring (bicyclic) bond motifs is 1. The van der Waals surface area contributed by atoms with Crippen LogP contribution in [-0.4, -0.2) is 45.8 Å². The molecule has 2 atom stereocenters. The maximum absolute atomic E-state index is 12.3. The molecule has 0 bridgehead atoms. The lowest BCUT2D eigenvalue weighted by Gasteiger charge is -2.34. The standard InChI is InChI=1S/C17H20N2O2S/c1-12-7-9-19(10-15(12)20)16(21)11-22-17-14-5-3-2-4-13(14)6-8-18-17/h2-6,8,12,15,20H,7,9-11H2,1H3. The first kappa shape index (κ1) is 15.3. The molecule has 1 saturated heterocycles. The van der Waals surface area contributed by atoms with Crippen LogP contribution < -0.4 is 0 Å². The topological polar surface area (TPSA) is 53.4 Å². The molecule has 22 heavy (non-hydrogen) atoms. The highest BCUT2D eigenvalue weighted by atomic mass is 32.2. The Morgan fingerprint density at radius 3 is 3.05 bits per heavy atom. The summed E-state index contributed by atoms with van der Waals surface area (Å²) < 4.78 is 0. The number of aliphatic hydroxyl groups excluding tert-OH is 1. The van der Waals surface area contributed by atoms with Crippen molar-refractivity contribution in [3.8, 4) is 0 Å². The third-order valence-electron chi connectivity index (χ3n) is 4.24. The van der Waals surface area contributed by atoms with Gasteiger partial charge < -0.3 is 10.0 Å². The molecule has 2 aromatic rings. The summed E-state index contributed by atoms with van der Waals surface area (Å²) in [7, 11) is 0. The monoisotopic (exact) mass is 316 g/mol. The number of aromatic nitrogens is 1. The Morgan fingerprint density at radius 1 is 1.41 bits per heavy atom. The predicted molar refractivity (Wildman–Crippen MR) is 88.8 cm³/mol. The average Bonchev–Trinajstić information content (AvgIpc) is 2.55. The van der Waals surface area contributed by atoms with Crippen molar-refractivity contribution < 1.29 is 9.90 Å². The summed E-state index contributed by atoms with van der Waals surface area (Å²) in [4.78, 5) is 18.5. The number of carbonyl (C=O) groups excluding carboxylic acids is 1. The molecule has 0 spiro atoms. The number of likely N-dealkylation sites (tertiary alicyclic amines) is 1. The van der Waals surface area contributed by atoms with Gasteiger partial charge >= 0.3 is 0 Å². The summed E-state index contributed by atoms with van der Waals surface area (Å²) in [5.74, 6) is 0.712. The smallest absolute Gasteiger partial charge is 0.233 e. The normalized spacial score (nSPS) is 22.0. The van der Waals surface area contributed by atoms with Crippen LogP contribution in [0.15, 0.2) is 41.6 Å². The molecular formula is C17H20N2O2S. The summed E-state index contributed by atoms with van der Waals surface area (Å²) in [5, 5.41) is 13.0. The van der Waals surface area contributed by atoms with E-state index < -0.39 is 6.10 Å². The van der Waals surface area contributed by atoms with E-state index >= 15 is 0 Å². The number of piperidine rings is 1. The van der Waals surface area contributed by atoms with Gasteiger partial charge in [0.25, 0.3) is 0 Å². The number of aliphatic hydroxyl groups is 1. The highest BCUT2D eigenvalue weighted by molar-refractivity contribution is 8.00. The van der Waals surface area contributed by atoms with Crippen LogP contribution in [0.5, 0.6) is 0 Å². The zero-order chi connectivity index (χ0) is 15.5. The summed E-state index contributed by atoms with van der Waals surface area (Å²) in [6.45, 7) is 3.21. The van der Waals surface area contributed by atoms with Crippen molar-refractivity contribution in [2.45, 2.75) is 24.5 Å². The second-order valence-electron chi connectivity index (χ2n) is 5.80. The van der Waals surface area contributed by atoms with Crippen LogP contribution in [0.3, 0.4) is 0 Å². The average molecular weight is 316 g/mol. The Hall–Kier alpha value is -1.59. The van der Waals surface area contributed by atoms with Crippen molar-refractivity contribution >= 4 is 28.4 Å². The van der Waals surface area contributed by atoms with Gasteiger partial charge in [-0.15, -0.1) is 0 Å². The van der Waals surface area contributed by atoms with Gasteiger partial charge in [0.1, 0.15) is 5.03 Å². The number of hydrogen-bond donors (Lipinski definition) is 1. The second kappa shape index (κ2) is 6.67. The lowest BCUT2D eigenvalue weighted by molar-refractivity contribution is -0.132. The third-order valence-corrected chi connectivity index (χ3v) is 5.23. The lowest BCUT2D eigenvalue weighted by atomic mass is 9.96. The van der Waals surface area contributed by atoms with Crippen LogP contribution in [0.4, 0.5) is 0 Å². The molecule has 1 aliphatic rings. The van der Waals surface area contributed by atoms with Gasteiger partial charge in [0.05, 0.1) is 11.9 Å². The Balaban J connectivity index is 1.65. The molecule has 4 nitrogen and oxygen atoms in total. The van der Waals surface area contributed by atoms with E-state index in [1.165, 1.54) is 11.8 Å². The molecule has 1 aliphatic heterocycles. The molecule has 0 aliphatic carbocycles. The van der Waals surface area contributed by atoms with Crippen molar-refractivity contribution in [1.82, 2.24) is 9.88 Å². The van der Waals surface area contributed by atoms with Gasteiger partial charge in [0, 0.05) is 24.7 Å². The highest BCUT2D eigenvalue weighted by Crippen LogP contribution is 2.26. The number of pyridine rings is 1. The van der Waals surface area contributed by atoms with E-state index in [0.29, 0.717) is 12.3 Å². The molecule has 1 amide bonds. The Morgan fingerprint density at radius 2 is 2.23 bits per heavy atom. The van der Waals surface area contributed by atoms with E-state index in [2.05, 4.69) is 4.98 Å². The third kappa shape index (κ3) is 3.25. The molecule has 1 fully saturated rings. The Bertz CT molecular complexity index is 671. The van der Waals surface area contributed by atoms with Crippen LogP contribution in [-0.2, 0) is 4.79 Å². The first-order chi connectivity index (χ1) is 10.6. The van der Waals surface area contributed by atoms with Crippen molar-refractivity contribution in [3.63, 3.8) is 0 Å². The van der Waals surface area contributed by atoms with Gasteiger partial charge in [-0.2, -0.15) is 0 Å². The van der Waals surface area contributed by atoms with Gasteiger partial charge in [-0.25, -0.2) is 4.98 Å². The minimum atomic E-state index is -0.404. The number of benzene rings is 1. The molecule has 2 unspecified atom stereocenters. The minimum Gasteiger partial charge on any atom is -0.391 e. The van der Waals surface area contributed by atoms with Crippen molar-refractivity contribution in [2.24, 2.45) is 5.92 Å². The highest BCUT2D eigenvalue weighted by Gasteiger charge is 2.27. The molecule has 3 rings (SSSR count). The number of hydrogen-bond acceptors (Lipinski definition) is 4. The predicted octanol–water partition coefficient (Wildman–Crippen LogP) is 2.56.